The summed E-state index contributed by atoms with van der Waals surface area (Å²) in [6.07, 6.45) is -1.71. The van der Waals surface area contributed by atoms with Crippen molar-refractivity contribution in [2.45, 2.75) is 63.3 Å². The van der Waals surface area contributed by atoms with Crippen molar-refractivity contribution in [2.75, 3.05) is 13.2 Å². The highest BCUT2D eigenvalue weighted by Crippen LogP contribution is 2.33. The molecule has 1 aliphatic carbocycles. The number of aliphatic hydroxyl groups excluding tert-OH is 4. The van der Waals surface area contributed by atoms with E-state index in [-0.39, 0.29) is 0 Å². The first-order valence-electron chi connectivity index (χ1n) is 8.01. The van der Waals surface area contributed by atoms with Gasteiger partial charge in [-0.15, -0.1) is 0 Å². The summed E-state index contributed by atoms with van der Waals surface area (Å²) in [4.78, 5) is 0. The maximum atomic E-state index is 9.91. The molecule has 1 saturated heterocycles. The van der Waals surface area contributed by atoms with Crippen LogP contribution in [0, 0.1) is 11.8 Å². The van der Waals surface area contributed by atoms with Crippen LogP contribution in [-0.2, 0) is 9.47 Å². The molecule has 128 valence electrons. The van der Waals surface area contributed by atoms with Gasteiger partial charge in [-0.25, -0.2) is 0 Å². The van der Waals surface area contributed by atoms with Crippen molar-refractivity contribution in [3.63, 3.8) is 0 Å². The molecule has 6 heteroatoms. The van der Waals surface area contributed by atoms with E-state index in [2.05, 4.69) is 13.5 Å². The highest BCUT2D eigenvalue weighted by Gasteiger charge is 2.44. The summed E-state index contributed by atoms with van der Waals surface area (Å²) >= 11 is 0. The molecule has 2 unspecified atom stereocenters. The van der Waals surface area contributed by atoms with Gasteiger partial charge in [-0.05, 0) is 44.4 Å². The third kappa shape index (κ3) is 4.07. The SMILES string of the molecule is C=C(C)C1CCC(COC2O[C@H](CO)[C@H](O)[C@@H](O)C2O)CC1. The number of aliphatic hydroxyl groups is 4. The maximum Gasteiger partial charge on any atom is 0.186 e. The van der Waals surface area contributed by atoms with E-state index in [0.29, 0.717) is 18.4 Å². The van der Waals surface area contributed by atoms with Gasteiger partial charge in [0, 0.05) is 0 Å². The Morgan fingerprint density at radius 3 is 2.27 bits per heavy atom. The fourth-order valence-electron chi connectivity index (χ4n) is 3.26. The summed E-state index contributed by atoms with van der Waals surface area (Å²) < 4.78 is 10.9. The quantitative estimate of drug-likeness (QED) is 0.540. The van der Waals surface area contributed by atoms with E-state index < -0.39 is 37.3 Å². The molecule has 0 amide bonds. The van der Waals surface area contributed by atoms with Gasteiger partial charge in [-0.2, -0.15) is 0 Å². The van der Waals surface area contributed by atoms with Crippen LogP contribution in [0.5, 0.6) is 0 Å². The van der Waals surface area contributed by atoms with Crippen LogP contribution in [0.3, 0.4) is 0 Å². The average molecular weight is 316 g/mol. The minimum atomic E-state index is -1.38. The average Bonchev–Trinajstić information content (AvgIpc) is 2.52. The van der Waals surface area contributed by atoms with Crippen LogP contribution in [0.25, 0.3) is 0 Å². The van der Waals surface area contributed by atoms with Gasteiger partial charge in [-0.1, -0.05) is 12.2 Å². The molecular weight excluding hydrogens is 288 g/mol. The smallest absolute Gasteiger partial charge is 0.186 e. The second-order valence-electron chi connectivity index (χ2n) is 6.59. The molecule has 0 bridgehead atoms. The number of rotatable bonds is 5. The van der Waals surface area contributed by atoms with E-state index >= 15 is 0 Å². The maximum absolute atomic E-state index is 9.91. The normalized spacial score (nSPS) is 43.0. The first-order chi connectivity index (χ1) is 10.4. The second-order valence-corrected chi connectivity index (χ2v) is 6.59. The molecule has 2 rings (SSSR count). The second kappa shape index (κ2) is 7.86. The molecule has 2 aliphatic rings. The summed E-state index contributed by atoms with van der Waals surface area (Å²) in [6.45, 7) is 6.07. The van der Waals surface area contributed by atoms with Gasteiger partial charge in [0.1, 0.15) is 24.4 Å². The lowest BCUT2D eigenvalue weighted by atomic mass is 9.79. The third-order valence-corrected chi connectivity index (χ3v) is 4.89. The lowest BCUT2D eigenvalue weighted by molar-refractivity contribution is -0.303. The van der Waals surface area contributed by atoms with Crippen molar-refractivity contribution in [1.82, 2.24) is 0 Å². The molecule has 1 saturated carbocycles. The first kappa shape index (κ1) is 17.8. The van der Waals surface area contributed by atoms with Crippen LogP contribution in [0.2, 0.25) is 0 Å². The van der Waals surface area contributed by atoms with E-state index in [1.54, 1.807) is 0 Å². The Morgan fingerprint density at radius 1 is 1.09 bits per heavy atom. The van der Waals surface area contributed by atoms with E-state index in [0.717, 1.165) is 25.7 Å². The van der Waals surface area contributed by atoms with Gasteiger partial charge in [-0.3, -0.25) is 0 Å². The Kier molecular flexibility index (Phi) is 6.37. The molecule has 6 nitrogen and oxygen atoms in total. The Balaban J connectivity index is 1.80. The van der Waals surface area contributed by atoms with Crippen LogP contribution in [0.4, 0.5) is 0 Å². The Labute approximate surface area is 131 Å². The predicted molar refractivity (Wildman–Crippen MR) is 80.0 cm³/mol. The van der Waals surface area contributed by atoms with Gasteiger partial charge < -0.3 is 29.9 Å². The van der Waals surface area contributed by atoms with Crippen molar-refractivity contribution in [3.05, 3.63) is 12.2 Å². The zero-order valence-electron chi connectivity index (χ0n) is 13.1. The van der Waals surface area contributed by atoms with Gasteiger partial charge in [0.05, 0.1) is 13.2 Å². The van der Waals surface area contributed by atoms with Crippen LogP contribution in [-0.4, -0.2) is 64.3 Å². The lowest BCUT2D eigenvalue weighted by Gasteiger charge is -2.40. The molecule has 1 heterocycles. The van der Waals surface area contributed by atoms with Crippen LogP contribution < -0.4 is 0 Å². The molecule has 22 heavy (non-hydrogen) atoms. The largest absolute Gasteiger partial charge is 0.394 e. The zero-order valence-corrected chi connectivity index (χ0v) is 13.1. The topological polar surface area (TPSA) is 99.4 Å². The molecule has 0 aromatic rings. The van der Waals surface area contributed by atoms with Gasteiger partial charge in [0.25, 0.3) is 0 Å². The molecule has 2 fully saturated rings. The van der Waals surface area contributed by atoms with Crippen LogP contribution in [0.15, 0.2) is 12.2 Å². The Bertz CT molecular complexity index is 364. The predicted octanol–water partition coefficient (Wildman–Crippen LogP) is 0.185. The highest BCUT2D eigenvalue weighted by molar-refractivity contribution is 4.98. The Hall–Kier alpha value is -0.500. The molecule has 0 radical (unpaired) electrons. The van der Waals surface area contributed by atoms with Crippen molar-refractivity contribution >= 4 is 0 Å². The molecule has 0 spiro atoms. The molecule has 0 aromatic heterocycles. The van der Waals surface area contributed by atoms with Crippen molar-refractivity contribution < 1.29 is 29.9 Å². The zero-order chi connectivity index (χ0) is 16.3. The minimum Gasteiger partial charge on any atom is -0.394 e. The van der Waals surface area contributed by atoms with E-state index in [4.69, 9.17) is 14.6 Å². The summed E-state index contributed by atoms with van der Waals surface area (Å²) in [7, 11) is 0. The van der Waals surface area contributed by atoms with E-state index in [9.17, 15) is 15.3 Å². The number of hydrogen-bond acceptors (Lipinski definition) is 6. The molecule has 1 aliphatic heterocycles. The fraction of sp³-hybridized carbons (Fsp3) is 0.875. The standard InChI is InChI=1S/C16H28O6/c1-9(2)11-5-3-10(4-6-11)8-21-16-15(20)14(19)13(18)12(7-17)22-16/h10-20H,1,3-8H2,2H3/t10?,11?,12-,13+,14-,15?,16?/m1/s1. The summed E-state index contributed by atoms with van der Waals surface area (Å²) in [5, 5.41) is 38.5. The molecule has 4 N–H and O–H groups in total. The van der Waals surface area contributed by atoms with E-state index in [1.807, 2.05) is 0 Å². The fourth-order valence-corrected chi connectivity index (χ4v) is 3.26. The van der Waals surface area contributed by atoms with Crippen LogP contribution >= 0.6 is 0 Å². The third-order valence-electron chi connectivity index (χ3n) is 4.89. The minimum absolute atomic E-state index is 0.392. The van der Waals surface area contributed by atoms with Gasteiger partial charge >= 0.3 is 0 Å². The summed E-state index contributed by atoms with van der Waals surface area (Å²) in [5.41, 5.74) is 1.23. The van der Waals surface area contributed by atoms with Crippen LogP contribution in [0.1, 0.15) is 32.6 Å². The number of ether oxygens (including phenoxy) is 2. The van der Waals surface area contributed by atoms with Crippen molar-refractivity contribution in [2.24, 2.45) is 11.8 Å². The number of allylic oxidation sites excluding steroid dienone is 1. The van der Waals surface area contributed by atoms with E-state index in [1.165, 1.54) is 5.57 Å². The monoisotopic (exact) mass is 316 g/mol. The molecular formula is C16H28O6. The van der Waals surface area contributed by atoms with Crippen molar-refractivity contribution in [3.8, 4) is 0 Å². The molecule has 5 atom stereocenters. The number of hydrogen-bond donors (Lipinski definition) is 4. The lowest BCUT2D eigenvalue weighted by Crippen LogP contribution is -2.59. The van der Waals surface area contributed by atoms with Gasteiger partial charge in [0.2, 0.25) is 0 Å². The highest BCUT2D eigenvalue weighted by atomic mass is 16.7. The summed E-state index contributed by atoms with van der Waals surface area (Å²) in [6, 6.07) is 0. The first-order valence-corrected chi connectivity index (χ1v) is 8.01. The van der Waals surface area contributed by atoms with Crippen molar-refractivity contribution in [1.29, 1.82) is 0 Å². The molecule has 0 aromatic carbocycles. The summed E-state index contributed by atoms with van der Waals surface area (Å²) in [5.74, 6) is 0.978. The Morgan fingerprint density at radius 2 is 1.73 bits per heavy atom. The van der Waals surface area contributed by atoms with Gasteiger partial charge in [0.15, 0.2) is 6.29 Å².